The molecule has 1 amide bonds. The number of likely N-dealkylation sites (N-methyl/N-ethyl adjacent to an activating group) is 1. The number of benzene rings is 1. The fraction of sp³-hybridized carbons (Fsp3) is 0.455. The Balaban J connectivity index is 1.77. The van der Waals surface area contributed by atoms with Crippen LogP contribution >= 0.6 is 0 Å². The van der Waals surface area contributed by atoms with Gasteiger partial charge in [-0.2, -0.15) is 5.10 Å². The lowest BCUT2D eigenvalue weighted by molar-refractivity contribution is 0.0474. The highest BCUT2D eigenvalue weighted by Crippen LogP contribution is 2.30. The van der Waals surface area contributed by atoms with Crippen LogP contribution in [0, 0.1) is 0 Å². The summed E-state index contributed by atoms with van der Waals surface area (Å²) in [6, 6.07) is 10.5. The van der Waals surface area contributed by atoms with Gasteiger partial charge in [0.1, 0.15) is 5.60 Å². The second kappa shape index (κ2) is 8.19. The van der Waals surface area contributed by atoms with Gasteiger partial charge < -0.3 is 15.0 Å². The Morgan fingerprint density at radius 2 is 2.07 bits per heavy atom. The molecule has 6 heteroatoms. The molecule has 1 aliphatic carbocycles. The fourth-order valence-electron chi connectivity index (χ4n) is 3.54. The van der Waals surface area contributed by atoms with Crippen molar-refractivity contribution in [2.45, 2.75) is 51.3 Å². The molecule has 1 heterocycles. The molecular weight excluding hydrogens is 352 g/mol. The van der Waals surface area contributed by atoms with Gasteiger partial charge in [0.2, 0.25) is 0 Å². The number of amides is 1. The lowest BCUT2D eigenvalue weighted by Gasteiger charge is -2.36. The van der Waals surface area contributed by atoms with E-state index in [1.165, 1.54) is 11.1 Å². The molecule has 0 saturated heterocycles. The highest BCUT2D eigenvalue weighted by atomic mass is 16.6. The second-order valence-corrected chi connectivity index (χ2v) is 8.45. The largest absolute Gasteiger partial charge is 0.444 e. The molecule has 1 aromatic carbocycles. The van der Waals surface area contributed by atoms with Gasteiger partial charge in [0.15, 0.2) is 0 Å². The van der Waals surface area contributed by atoms with Gasteiger partial charge in [0.25, 0.3) is 0 Å². The maximum Gasteiger partial charge on any atom is 0.407 e. The number of hydrogen-bond acceptors (Lipinski definition) is 4. The van der Waals surface area contributed by atoms with E-state index in [1.54, 1.807) is 6.20 Å². The van der Waals surface area contributed by atoms with Gasteiger partial charge in [-0.3, -0.25) is 0 Å². The summed E-state index contributed by atoms with van der Waals surface area (Å²) in [5.74, 6) is 0. The first-order valence-electron chi connectivity index (χ1n) is 9.68. The Labute approximate surface area is 167 Å². The fourth-order valence-corrected chi connectivity index (χ4v) is 3.54. The van der Waals surface area contributed by atoms with Crippen LogP contribution in [0.5, 0.6) is 0 Å². The summed E-state index contributed by atoms with van der Waals surface area (Å²) in [6.45, 7) is 5.63. The van der Waals surface area contributed by atoms with Crippen molar-refractivity contribution in [1.82, 2.24) is 20.0 Å². The molecule has 3 rings (SSSR count). The molecule has 1 aliphatic rings. The molecule has 1 aromatic heterocycles. The SMILES string of the molecule is CN(C)[C@H]1CC(c2cccc(-n3cccn3)c2)=CCC1NC(=O)OC(C)(C)C. The topological polar surface area (TPSA) is 59.4 Å². The lowest BCUT2D eigenvalue weighted by Crippen LogP contribution is -2.51. The zero-order chi connectivity index (χ0) is 20.3. The minimum absolute atomic E-state index is 0.0166. The number of nitrogens with zero attached hydrogens (tertiary/aromatic N) is 3. The van der Waals surface area contributed by atoms with Crippen LogP contribution in [0.4, 0.5) is 4.79 Å². The van der Waals surface area contributed by atoms with Crippen molar-refractivity contribution in [3.63, 3.8) is 0 Å². The molecular formula is C22H30N4O2. The lowest BCUT2D eigenvalue weighted by atomic mass is 9.86. The number of ether oxygens (including phenoxy) is 1. The van der Waals surface area contributed by atoms with E-state index in [0.717, 1.165) is 18.5 Å². The van der Waals surface area contributed by atoms with Crippen LogP contribution in [0.15, 0.2) is 48.8 Å². The molecule has 1 unspecified atom stereocenters. The molecule has 150 valence electrons. The average Bonchev–Trinajstić information content (AvgIpc) is 3.15. The predicted molar refractivity (Wildman–Crippen MR) is 111 cm³/mol. The third-order valence-electron chi connectivity index (χ3n) is 4.86. The van der Waals surface area contributed by atoms with Crippen molar-refractivity contribution in [2.75, 3.05) is 14.1 Å². The zero-order valence-corrected chi connectivity index (χ0v) is 17.3. The van der Waals surface area contributed by atoms with E-state index >= 15 is 0 Å². The van der Waals surface area contributed by atoms with Gasteiger partial charge in [0.05, 0.1) is 11.7 Å². The Hall–Kier alpha value is -2.60. The van der Waals surface area contributed by atoms with E-state index in [4.69, 9.17) is 4.74 Å². The molecule has 0 radical (unpaired) electrons. The smallest absolute Gasteiger partial charge is 0.407 e. The zero-order valence-electron chi connectivity index (χ0n) is 17.3. The third kappa shape index (κ3) is 5.01. The Morgan fingerprint density at radius 3 is 2.71 bits per heavy atom. The van der Waals surface area contributed by atoms with Gasteiger partial charge >= 0.3 is 6.09 Å². The van der Waals surface area contributed by atoms with Crippen molar-refractivity contribution in [1.29, 1.82) is 0 Å². The number of nitrogens with one attached hydrogen (secondary N) is 1. The summed E-state index contributed by atoms with van der Waals surface area (Å²) in [5, 5.41) is 7.37. The van der Waals surface area contributed by atoms with Crippen LogP contribution in [-0.4, -0.2) is 52.6 Å². The molecule has 0 bridgehead atoms. The highest BCUT2D eigenvalue weighted by Gasteiger charge is 2.30. The Bertz CT molecular complexity index is 834. The van der Waals surface area contributed by atoms with Crippen molar-refractivity contribution >= 4 is 11.7 Å². The van der Waals surface area contributed by atoms with Crippen molar-refractivity contribution in [3.8, 4) is 5.69 Å². The summed E-state index contributed by atoms with van der Waals surface area (Å²) in [6.07, 6.45) is 7.21. The average molecular weight is 383 g/mol. The van der Waals surface area contributed by atoms with Crippen molar-refractivity contribution in [2.24, 2.45) is 0 Å². The van der Waals surface area contributed by atoms with Gasteiger partial charge in [-0.05, 0) is 77.0 Å². The van der Waals surface area contributed by atoms with Crippen molar-refractivity contribution in [3.05, 3.63) is 54.4 Å². The molecule has 2 aromatic rings. The summed E-state index contributed by atoms with van der Waals surface area (Å²) in [7, 11) is 4.11. The van der Waals surface area contributed by atoms with Crippen molar-refractivity contribution < 1.29 is 9.53 Å². The van der Waals surface area contributed by atoms with E-state index in [1.807, 2.05) is 37.7 Å². The molecule has 0 fully saturated rings. The first kappa shape index (κ1) is 20.1. The number of hydrogen-bond donors (Lipinski definition) is 1. The van der Waals surface area contributed by atoms with E-state index in [0.29, 0.717) is 0 Å². The van der Waals surface area contributed by atoms with Crippen LogP contribution in [0.2, 0.25) is 0 Å². The Kier molecular flexibility index (Phi) is 5.89. The quantitative estimate of drug-likeness (QED) is 0.872. The van der Waals surface area contributed by atoms with Gasteiger partial charge in [-0.15, -0.1) is 0 Å². The van der Waals surface area contributed by atoms with E-state index in [-0.39, 0.29) is 18.2 Å². The second-order valence-electron chi connectivity index (χ2n) is 8.45. The summed E-state index contributed by atoms with van der Waals surface area (Å²) >= 11 is 0. The highest BCUT2D eigenvalue weighted by molar-refractivity contribution is 5.71. The van der Waals surface area contributed by atoms with Gasteiger partial charge in [-0.25, -0.2) is 9.48 Å². The van der Waals surface area contributed by atoms with Crippen LogP contribution in [0.1, 0.15) is 39.2 Å². The van der Waals surface area contributed by atoms with Crippen LogP contribution in [-0.2, 0) is 4.74 Å². The molecule has 2 atom stereocenters. The first-order valence-corrected chi connectivity index (χ1v) is 9.68. The van der Waals surface area contributed by atoms with Gasteiger partial charge in [0, 0.05) is 18.4 Å². The maximum atomic E-state index is 12.2. The van der Waals surface area contributed by atoms with Crippen LogP contribution in [0.25, 0.3) is 11.3 Å². The Morgan fingerprint density at radius 1 is 1.29 bits per heavy atom. The molecule has 28 heavy (non-hydrogen) atoms. The predicted octanol–water partition coefficient (Wildman–Crippen LogP) is 3.87. The normalized spacial score (nSPS) is 20.0. The molecule has 0 saturated carbocycles. The minimum Gasteiger partial charge on any atom is -0.444 e. The third-order valence-corrected chi connectivity index (χ3v) is 4.86. The molecule has 0 spiro atoms. The van der Waals surface area contributed by atoms with Crippen LogP contribution in [0.3, 0.4) is 0 Å². The van der Waals surface area contributed by atoms with E-state index in [2.05, 4.69) is 59.8 Å². The van der Waals surface area contributed by atoms with Crippen LogP contribution < -0.4 is 5.32 Å². The van der Waals surface area contributed by atoms with E-state index in [9.17, 15) is 4.79 Å². The summed E-state index contributed by atoms with van der Waals surface area (Å²) in [4.78, 5) is 14.4. The number of carbonyl (C=O) groups is 1. The number of rotatable bonds is 4. The molecule has 6 nitrogen and oxygen atoms in total. The standard InChI is InChI=1S/C22H30N4O2/c1-22(2,3)28-21(27)24-19-11-10-17(15-20(19)25(4)5)16-8-6-9-18(14-16)26-13-7-12-23-26/h6-10,12-14,19-20H,11,15H2,1-5H3,(H,24,27)/t19?,20-/m0/s1. The number of aromatic nitrogens is 2. The number of alkyl carbamates (subject to hydrolysis) is 1. The van der Waals surface area contributed by atoms with Gasteiger partial charge in [-0.1, -0.05) is 18.2 Å². The molecule has 0 aliphatic heterocycles. The first-order chi connectivity index (χ1) is 13.2. The monoisotopic (exact) mass is 382 g/mol. The minimum atomic E-state index is -0.500. The summed E-state index contributed by atoms with van der Waals surface area (Å²) < 4.78 is 7.30. The maximum absolute atomic E-state index is 12.2. The summed E-state index contributed by atoms with van der Waals surface area (Å²) in [5.41, 5.74) is 3.02. The molecule has 1 N–H and O–H groups in total. The number of carbonyl (C=O) groups excluding carboxylic acids is 1. The van der Waals surface area contributed by atoms with E-state index < -0.39 is 5.60 Å².